The molecule has 7 nitrogen and oxygen atoms in total. The average molecular weight is 375 g/mol. The number of carboxylic acids is 1. The number of halogens is 1. The molecule has 0 spiro atoms. The number of rotatable bonds is 5. The Kier molecular flexibility index (Phi) is 5.43. The third-order valence-electron chi connectivity index (χ3n) is 4.91. The first-order valence-electron chi connectivity index (χ1n) is 8.89. The molecule has 2 amide bonds. The van der Waals surface area contributed by atoms with Gasteiger partial charge in [-0.1, -0.05) is 0 Å². The highest BCUT2D eigenvalue weighted by Crippen LogP contribution is 2.22. The Balaban J connectivity index is 1.81. The zero-order chi connectivity index (χ0) is 19.6. The number of carboxylic acid groups (broad SMARTS) is 1. The fourth-order valence-corrected chi connectivity index (χ4v) is 3.59. The Labute approximate surface area is 155 Å². The van der Waals surface area contributed by atoms with Crippen LogP contribution in [-0.4, -0.2) is 51.9 Å². The minimum atomic E-state index is -0.915. The molecule has 3 rings (SSSR count). The summed E-state index contributed by atoms with van der Waals surface area (Å²) in [4.78, 5) is 40.3. The van der Waals surface area contributed by atoms with Crippen LogP contribution < -0.4 is 5.32 Å². The third-order valence-corrected chi connectivity index (χ3v) is 4.91. The first-order valence-corrected chi connectivity index (χ1v) is 8.89. The van der Waals surface area contributed by atoms with E-state index in [-0.39, 0.29) is 30.6 Å². The summed E-state index contributed by atoms with van der Waals surface area (Å²) in [5.41, 5.74) is 1.40. The van der Waals surface area contributed by atoms with E-state index in [1.165, 1.54) is 24.0 Å². The second-order valence-corrected chi connectivity index (χ2v) is 6.92. The van der Waals surface area contributed by atoms with Crippen LogP contribution in [0.25, 0.3) is 10.9 Å². The minimum absolute atomic E-state index is 0.142. The molecule has 27 heavy (non-hydrogen) atoms. The predicted molar refractivity (Wildman–Crippen MR) is 96.5 cm³/mol. The number of carbonyl (C=O) groups excluding carboxylic acids is 2. The van der Waals surface area contributed by atoms with Crippen LogP contribution in [0.4, 0.5) is 4.39 Å². The SMILES string of the molecule is CC(=O)NC(Cc1c[nH]c2cc(F)ccc12)C(=O)N1CCCC(C(=O)O)C1. The van der Waals surface area contributed by atoms with Gasteiger partial charge in [0.15, 0.2) is 0 Å². The molecule has 1 aromatic heterocycles. The van der Waals surface area contributed by atoms with Gasteiger partial charge in [0.2, 0.25) is 11.8 Å². The maximum atomic E-state index is 13.4. The van der Waals surface area contributed by atoms with Crippen LogP contribution in [0.2, 0.25) is 0 Å². The number of piperidine rings is 1. The molecule has 1 aromatic carbocycles. The first-order chi connectivity index (χ1) is 12.8. The summed E-state index contributed by atoms with van der Waals surface area (Å²) >= 11 is 0. The van der Waals surface area contributed by atoms with Gasteiger partial charge < -0.3 is 20.3 Å². The van der Waals surface area contributed by atoms with E-state index in [4.69, 9.17) is 0 Å². The van der Waals surface area contributed by atoms with E-state index in [0.717, 1.165) is 10.9 Å². The smallest absolute Gasteiger partial charge is 0.308 e. The monoisotopic (exact) mass is 375 g/mol. The van der Waals surface area contributed by atoms with E-state index >= 15 is 0 Å². The molecule has 3 N–H and O–H groups in total. The van der Waals surface area contributed by atoms with Gasteiger partial charge in [-0.05, 0) is 36.6 Å². The number of hydrogen-bond donors (Lipinski definition) is 3. The summed E-state index contributed by atoms with van der Waals surface area (Å²) in [5, 5.41) is 12.7. The lowest BCUT2D eigenvalue weighted by Gasteiger charge is -2.33. The molecule has 0 saturated carbocycles. The Bertz CT molecular complexity index is 879. The fraction of sp³-hybridized carbons (Fsp3) is 0.421. The van der Waals surface area contributed by atoms with Gasteiger partial charge in [0.05, 0.1) is 5.92 Å². The summed E-state index contributed by atoms with van der Waals surface area (Å²) in [6.07, 6.45) is 3.08. The van der Waals surface area contributed by atoms with Crippen molar-refractivity contribution >= 4 is 28.7 Å². The number of hydrogen-bond acceptors (Lipinski definition) is 3. The van der Waals surface area contributed by atoms with Crippen LogP contribution in [-0.2, 0) is 20.8 Å². The largest absolute Gasteiger partial charge is 0.481 e. The van der Waals surface area contributed by atoms with Gasteiger partial charge in [-0.25, -0.2) is 4.39 Å². The number of H-pyrrole nitrogens is 1. The van der Waals surface area contributed by atoms with Crippen molar-refractivity contribution in [2.24, 2.45) is 5.92 Å². The standard InChI is InChI=1S/C19H22FN3O4/c1-11(24)22-17(18(25)23-6-2-3-12(10-23)19(26)27)7-13-9-21-16-8-14(20)4-5-15(13)16/h4-5,8-9,12,17,21H,2-3,6-7,10H2,1H3,(H,22,24)(H,26,27). The van der Waals surface area contributed by atoms with Gasteiger partial charge in [-0.15, -0.1) is 0 Å². The Morgan fingerprint density at radius 2 is 2.19 bits per heavy atom. The van der Waals surface area contributed by atoms with Crippen LogP contribution >= 0.6 is 0 Å². The Hall–Kier alpha value is -2.90. The normalized spacial score (nSPS) is 18.3. The number of nitrogens with zero attached hydrogens (tertiary/aromatic N) is 1. The van der Waals surface area contributed by atoms with Crippen molar-refractivity contribution in [3.05, 3.63) is 35.8 Å². The van der Waals surface area contributed by atoms with Crippen molar-refractivity contribution in [1.29, 1.82) is 0 Å². The van der Waals surface area contributed by atoms with Crippen molar-refractivity contribution in [3.63, 3.8) is 0 Å². The number of aromatic nitrogens is 1. The van der Waals surface area contributed by atoms with Crippen molar-refractivity contribution in [2.45, 2.75) is 32.2 Å². The zero-order valence-corrected chi connectivity index (χ0v) is 15.0. The molecule has 1 fully saturated rings. The zero-order valence-electron chi connectivity index (χ0n) is 15.0. The number of benzene rings is 1. The molecule has 2 heterocycles. The summed E-state index contributed by atoms with van der Waals surface area (Å²) in [7, 11) is 0. The van der Waals surface area contributed by atoms with E-state index in [2.05, 4.69) is 10.3 Å². The molecule has 2 aromatic rings. The first kappa shape index (κ1) is 18.9. The maximum Gasteiger partial charge on any atom is 0.308 e. The van der Waals surface area contributed by atoms with E-state index in [1.54, 1.807) is 12.3 Å². The second-order valence-electron chi connectivity index (χ2n) is 6.92. The number of carbonyl (C=O) groups is 3. The van der Waals surface area contributed by atoms with E-state index in [1.807, 2.05) is 0 Å². The number of amides is 2. The molecular formula is C19H22FN3O4. The third kappa shape index (κ3) is 4.27. The van der Waals surface area contributed by atoms with Crippen LogP contribution in [0.3, 0.4) is 0 Å². The van der Waals surface area contributed by atoms with Crippen LogP contribution in [0.5, 0.6) is 0 Å². The highest BCUT2D eigenvalue weighted by atomic mass is 19.1. The fourth-order valence-electron chi connectivity index (χ4n) is 3.59. The number of aromatic amines is 1. The molecule has 1 aliphatic rings. The van der Waals surface area contributed by atoms with E-state index in [9.17, 15) is 23.9 Å². The highest BCUT2D eigenvalue weighted by Gasteiger charge is 2.32. The average Bonchev–Trinajstić information content (AvgIpc) is 3.02. The van der Waals surface area contributed by atoms with E-state index < -0.39 is 17.9 Å². The lowest BCUT2D eigenvalue weighted by molar-refractivity contribution is -0.146. The summed E-state index contributed by atoms with van der Waals surface area (Å²) in [5.74, 6) is -2.50. The van der Waals surface area contributed by atoms with Gasteiger partial charge in [0.25, 0.3) is 0 Å². The molecule has 144 valence electrons. The number of fused-ring (bicyclic) bond motifs is 1. The van der Waals surface area contributed by atoms with Crippen molar-refractivity contribution in [3.8, 4) is 0 Å². The summed E-state index contributed by atoms with van der Waals surface area (Å²) in [6, 6.07) is 3.54. The summed E-state index contributed by atoms with van der Waals surface area (Å²) < 4.78 is 13.4. The number of nitrogens with one attached hydrogen (secondary N) is 2. The lowest BCUT2D eigenvalue weighted by Crippen LogP contribution is -2.52. The number of likely N-dealkylation sites (tertiary alicyclic amines) is 1. The molecule has 0 bridgehead atoms. The molecule has 8 heteroatoms. The van der Waals surface area contributed by atoms with Gasteiger partial charge >= 0.3 is 5.97 Å². The van der Waals surface area contributed by atoms with Crippen molar-refractivity contribution in [2.75, 3.05) is 13.1 Å². The molecule has 2 unspecified atom stereocenters. The number of aliphatic carboxylic acids is 1. The van der Waals surface area contributed by atoms with Gasteiger partial charge in [0, 0.05) is 43.5 Å². The van der Waals surface area contributed by atoms with Gasteiger partial charge in [-0.3, -0.25) is 14.4 Å². The molecule has 2 atom stereocenters. The molecule has 0 aliphatic carbocycles. The minimum Gasteiger partial charge on any atom is -0.481 e. The quantitative estimate of drug-likeness (QED) is 0.740. The van der Waals surface area contributed by atoms with Crippen LogP contribution in [0, 0.1) is 11.7 Å². The molecule has 0 radical (unpaired) electrons. The Morgan fingerprint density at radius 3 is 2.89 bits per heavy atom. The van der Waals surface area contributed by atoms with Gasteiger partial charge in [0.1, 0.15) is 11.9 Å². The van der Waals surface area contributed by atoms with Crippen LogP contribution in [0.1, 0.15) is 25.3 Å². The lowest BCUT2D eigenvalue weighted by atomic mass is 9.96. The molecule has 1 aliphatic heterocycles. The molecule has 1 saturated heterocycles. The van der Waals surface area contributed by atoms with Crippen molar-refractivity contribution in [1.82, 2.24) is 15.2 Å². The maximum absolute atomic E-state index is 13.4. The topological polar surface area (TPSA) is 103 Å². The Morgan fingerprint density at radius 1 is 1.41 bits per heavy atom. The molecular weight excluding hydrogens is 353 g/mol. The van der Waals surface area contributed by atoms with Gasteiger partial charge in [-0.2, -0.15) is 0 Å². The second kappa shape index (κ2) is 7.77. The predicted octanol–water partition coefficient (Wildman–Crippen LogP) is 1.68. The van der Waals surface area contributed by atoms with Crippen LogP contribution in [0.15, 0.2) is 24.4 Å². The van der Waals surface area contributed by atoms with Crippen molar-refractivity contribution < 1.29 is 23.9 Å². The summed E-state index contributed by atoms with van der Waals surface area (Å²) in [6.45, 7) is 1.95. The highest BCUT2D eigenvalue weighted by molar-refractivity contribution is 5.89. The van der Waals surface area contributed by atoms with E-state index in [0.29, 0.717) is 24.9 Å².